The number of nitrogen functional groups attached to an aromatic ring is 1. The molecule has 1 atom stereocenters. The number of nitrogens with two attached hydrogens (primary N) is 1. The van der Waals surface area contributed by atoms with Gasteiger partial charge >= 0.3 is 0 Å². The van der Waals surface area contributed by atoms with Crippen LogP contribution in [0.3, 0.4) is 0 Å². The summed E-state index contributed by atoms with van der Waals surface area (Å²) >= 11 is 0. The van der Waals surface area contributed by atoms with Crippen molar-refractivity contribution in [2.75, 3.05) is 11.1 Å². The molecule has 1 heterocycles. The van der Waals surface area contributed by atoms with Crippen molar-refractivity contribution in [1.82, 2.24) is 4.98 Å². The van der Waals surface area contributed by atoms with Gasteiger partial charge in [-0.05, 0) is 59.5 Å². The average molecular weight is 415 g/mol. The molecule has 6 heteroatoms. The number of halogens is 1. The Balaban J connectivity index is 1.74. The second kappa shape index (κ2) is 8.45. The quantitative estimate of drug-likeness (QED) is 0.334. The maximum atomic E-state index is 14.5. The zero-order valence-corrected chi connectivity index (χ0v) is 16.9. The number of aromatic hydroxyl groups is 1. The maximum absolute atomic E-state index is 14.5. The monoisotopic (exact) mass is 415 g/mol. The van der Waals surface area contributed by atoms with E-state index in [2.05, 4.69) is 10.3 Å². The summed E-state index contributed by atoms with van der Waals surface area (Å²) in [6.45, 7) is 1.51. The number of rotatable bonds is 5. The molecule has 0 amide bonds. The van der Waals surface area contributed by atoms with Crippen LogP contribution in [0.2, 0.25) is 0 Å². The molecule has 31 heavy (non-hydrogen) atoms. The Hall–Kier alpha value is -3.90. The topological polar surface area (TPSA) is 91.4 Å². The molecule has 0 saturated carbocycles. The molecule has 1 aromatic heterocycles. The van der Waals surface area contributed by atoms with Crippen molar-refractivity contribution < 1.29 is 14.6 Å². The Labute approximate surface area is 179 Å². The van der Waals surface area contributed by atoms with Gasteiger partial charge in [-0.2, -0.15) is 0 Å². The van der Waals surface area contributed by atoms with E-state index < -0.39 is 12.0 Å². The molecule has 5 nitrogen and oxygen atoms in total. The van der Waals surface area contributed by atoms with Crippen molar-refractivity contribution in [3.8, 4) is 39.1 Å². The summed E-state index contributed by atoms with van der Waals surface area (Å²) in [6, 6.07) is 21.3. The van der Waals surface area contributed by atoms with Crippen molar-refractivity contribution >= 4 is 11.5 Å². The molecular formula is C25H22FN3O2. The summed E-state index contributed by atoms with van der Waals surface area (Å²) < 4.78 is 14.5. The average Bonchev–Trinajstić information content (AvgIpc) is 2.75. The van der Waals surface area contributed by atoms with E-state index in [1.54, 1.807) is 24.4 Å². The first-order valence-corrected chi connectivity index (χ1v) is 9.81. The van der Waals surface area contributed by atoms with E-state index in [1.165, 1.54) is 19.1 Å². The van der Waals surface area contributed by atoms with Crippen LogP contribution in [-0.4, -0.2) is 21.4 Å². The largest absolute Gasteiger partial charge is 0.507 e. The number of nitrogens with one attached hydrogen (secondary N) is 1. The summed E-state index contributed by atoms with van der Waals surface area (Å²) in [5.41, 5.74) is 10.4. The molecule has 4 aromatic rings. The van der Waals surface area contributed by atoms with Gasteiger partial charge in [0, 0.05) is 17.3 Å². The molecule has 3 aromatic carbocycles. The third-order valence-corrected chi connectivity index (χ3v) is 4.97. The lowest BCUT2D eigenvalue weighted by Crippen LogP contribution is -2.14. The van der Waals surface area contributed by atoms with Crippen molar-refractivity contribution in [3.05, 3.63) is 84.8 Å². The lowest BCUT2D eigenvalue weighted by molar-refractivity contribution is 0.224. The molecule has 4 rings (SSSR count). The molecule has 0 bridgehead atoms. The molecule has 0 spiro atoms. The van der Waals surface area contributed by atoms with Crippen molar-refractivity contribution in [1.29, 1.82) is 0 Å². The molecule has 1 unspecified atom stereocenters. The van der Waals surface area contributed by atoms with Crippen LogP contribution in [0.5, 0.6) is 5.75 Å². The van der Waals surface area contributed by atoms with Gasteiger partial charge < -0.3 is 21.3 Å². The fourth-order valence-electron chi connectivity index (χ4n) is 3.53. The molecule has 0 aliphatic heterocycles. The zero-order chi connectivity index (χ0) is 22.0. The van der Waals surface area contributed by atoms with Crippen LogP contribution in [0.4, 0.5) is 15.9 Å². The molecule has 0 aliphatic carbocycles. The van der Waals surface area contributed by atoms with E-state index in [-0.39, 0.29) is 11.4 Å². The van der Waals surface area contributed by atoms with Crippen LogP contribution in [0.25, 0.3) is 33.4 Å². The minimum atomic E-state index is -0.875. The Kier molecular flexibility index (Phi) is 5.56. The number of benzene rings is 3. The van der Waals surface area contributed by atoms with E-state index in [0.717, 1.165) is 16.7 Å². The van der Waals surface area contributed by atoms with Crippen molar-refractivity contribution in [2.24, 2.45) is 0 Å². The molecule has 0 aliphatic rings. The van der Waals surface area contributed by atoms with E-state index in [4.69, 9.17) is 5.73 Å². The molecule has 0 radical (unpaired) electrons. The Morgan fingerprint density at radius 3 is 2.19 bits per heavy atom. The number of phenols is 1. The highest BCUT2D eigenvalue weighted by atomic mass is 19.1. The van der Waals surface area contributed by atoms with E-state index in [0.29, 0.717) is 22.5 Å². The predicted molar refractivity (Wildman–Crippen MR) is 122 cm³/mol. The summed E-state index contributed by atoms with van der Waals surface area (Å²) in [6.07, 6.45) is 0.778. The summed E-state index contributed by atoms with van der Waals surface area (Å²) in [7, 11) is 0. The minimum absolute atomic E-state index is 0.0597. The van der Waals surface area contributed by atoms with Crippen LogP contribution in [0, 0.1) is 5.82 Å². The lowest BCUT2D eigenvalue weighted by Gasteiger charge is -2.14. The highest BCUT2D eigenvalue weighted by Crippen LogP contribution is 2.39. The predicted octanol–water partition coefficient (Wildman–Crippen LogP) is 5.26. The number of para-hydroxylation sites is 1. The van der Waals surface area contributed by atoms with Crippen molar-refractivity contribution in [3.63, 3.8) is 0 Å². The Bertz CT molecular complexity index is 1240. The van der Waals surface area contributed by atoms with Crippen LogP contribution in [0.15, 0.2) is 79.0 Å². The second-order valence-electron chi connectivity index (χ2n) is 7.27. The van der Waals surface area contributed by atoms with Gasteiger partial charge in [0.15, 0.2) is 0 Å². The number of phenolic OH excluding ortho intramolecular Hbond substituents is 1. The molecular weight excluding hydrogens is 393 g/mol. The molecule has 0 saturated heterocycles. The smallest absolute Gasteiger partial charge is 0.146 e. The first-order chi connectivity index (χ1) is 14.9. The number of nitrogens with zero attached hydrogens (tertiary/aromatic N) is 1. The van der Waals surface area contributed by atoms with Gasteiger partial charge in [0.1, 0.15) is 23.6 Å². The van der Waals surface area contributed by atoms with Gasteiger partial charge in [0.2, 0.25) is 0 Å². The van der Waals surface area contributed by atoms with Crippen LogP contribution < -0.4 is 11.1 Å². The summed E-state index contributed by atoms with van der Waals surface area (Å²) in [4.78, 5) is 4.02. The Morgan fingerprint density at radius 2 is 1.52 bits per heavy atom. The number of hydrogen-bond acceptors (Lipinski definition) is 5. The first kappa shape index (κ1) is 20.4. The third kappa shape index (κ3) is 4.34. The van der Waals surface area contributed by atoms with Gasteiger partial charge in [-0.1, -0.05) is 42.5 Å². The second-order valence-corrected chi connectivity index (χ2v) is 7.27. The normalized spacial score (nSPS) is 11.8. The minimum Gasteiger partial charge on any atom is -0.507 e. The first-order valence-electron chi connectivity index (χ1n) is 9.81. The van der Waals surface area contributed by atoms with Crippen molar-refractivity contribution in [2.45, 2.75) is 13.2 Å². The number of hydrogen-bond donors (Lipinski definition) is 4. The molecule has 0 fully saturated rings. The Morgan fingerprint density at radius 1 is 0.871 bits per heavy atom. The van der Waals surface area contributed by atoms with Gasteiger partial charge in [-0.25, -0.2) is 9.37 Å². The maximum Gasteiger partial charge on any atom is 0.146 e. The zero-order valence-electron chi connectivity index (χ0n) is 16.9. The summed E-state index contributed by atoms with van der Waals surface area (Å²) in [5, 5.41) is 23.0. The molecule has 5 N–H and O–H groups in total. The lowest BCUT2D eigenvalue weighted by atomic mass is 9.95. The van der Waals surface area contributed by atoms with Gasteiger partial charge in [-0.3, -0.25) is 0 Å². The third-order valence-electron chi connectivity index (χ3n) is 4.97. The number of anilines is 2. The van der Waals surface area contributed by atoms with Crippen LogP contribution >= 0.6 is 0 Å². The number of aromatic nitrogens is 1. The van der Waals surface area contributed by atoms with E-state index >= 15 is 0 Å². The summed E-state index contributed by atoms with van der Waals surface area (Å²) in [5.74, 6) is -0.0201. The van der Waals surface area contributed by atoms with Gasteiger partial charge in [-0.15, -0.1) is 0 Å². The fourth-order valence-corrected chi connectivity index (χ4v) is 3.53. The van der Waals surface area contributed by atoms with Gasteiger partial charge in [0.25, 0.3) is 0 Å². The number of pyridine rings is 1. The van der Waals surface area contributed by atoms with Crippen LogP contribution in [-0.2, 0) is 0 Å². The fraction of sp³-hybridized carbons (Fsp3) is 0.0800. The van der Waals surface area contributed by atoms with Crippen LogP contribution in [0.1, 0.15) is 6.92 Å². The number of aliphatic hydroxyl groups excluding tert-OH is 1. The molecule has 156 valence electrons. The van der Waals surface area contributed by atoms with E-state index in [1.807, 2.05) is 42.5 Å². The van der Waals surface area contributed by atoms with E-state index in [9.17, 15) is 14.6 Å². The number of aliphatic hydroxyl groups is 1. The van der Waals surface area contributed by atoms with Gasteiger partial charge in [0.05, 0.1) is 5.69 Å². The highest BCUT2D eigenvalue weighted by molar-refractivity contribution is 5.84. The highest BCUT2D eigenvalue weighted by Gasteiger charge is 2.14. The SMILES string of the molecule is CC(O)Nc1ccc(-c2cccc(-c3cccc(-c4ccnc(N)c4)c3)c2O)cc1F. The standard InChI is InChI=1S/C25H22FN3O2/c1-15(30)29-23-9-8-19(13-22(23)26)21-7-3-6-20(25(21)31)18-5-2-4-16(12-18)17-10-11-28-24(27)14-17/h2-15,29-31H,1H3,(H2,27,28).